The van der Waals surface area contributed by atoms with Gasteiger partial charge < -0.3 is 10.0 Å². The smallest absolute Gasteiger partial charge is 0.372 e. The summed E-state index contributed by atoms with van der Waals surface area (Å²) in [6.07, 6.45) is -4.32. The van der Waals surface area contributed by atoms with Gasteiger partial charge in [0.2, 0.25) is 0 Å². The van der Waals surface area contributed by atoms with Gasteiger partial charge in [-0.2, -0.15) is 13.2 Å². The van der Waals surface area contributed by atoms with Crippen LogP contribution >= 0.6 is 23.2 Å². The second kappa shape index (κ2) is 8.69. The van der Waals surface area contributed by atoms with Gasteiger partial charge in [0, 0.05) is 40.6 Å². The van der Waals surface area contributed by atoms with E-state index in [0.717, 1.165) is 11.0 Å². The van der Waals surface area contributed by atoms with Crippen LogP contribution in [0.15, 0.2) is 30.3 Å². The maximum absolute atomic E-state index is 14.0. The first-order valence-electron chi connectivity index (χ1n) is 10.2. The number of anilines is 1. The molecule has 4 rings (SSSR count). The fourth-order valence-electron chi connectivity index (χ4n) is 4.18. The average Bonchev–Trinajstić information content (AvgIpc) is 2.89. The first kappa shape index (κ1) is 24.6. The summed E-state index contributed by atoms with van der Waals surface area (Å²) in [5.41, 5.74) is -4.22. The van der Waals surface area contributed by atoms with E-state index >= 15 is 0 Å². The number of aliphatic hydroxyl groups is 1. The van der Waals surface area contributed by atoms with Gasteiger partial charge in [0.05, 0.1) is 11.3 Å². The van der Waals surface area contributed by atoms with Gasteiger partial charge in [-0.15, -0.1) is 0 Å². The van der Waals surface area contributed by atoms with Crippen LogP contribution in [0.3, 0.4) is 0 Å². The molecule has 1 unspecified atom stereocenters. The number of ketones is 1. The van der Waals surface area contributed by atoms with Crippen molar-refractivity contribution in [2.75, 3.05) is 11.4 Å². The van der Waals surface area contributed by atoms with Crippen LogP contribution in [0.25, 0.3) is 0 Å². The molecule has 2 aromatic carbocycles. The zero-order chi connectivity index (χ0) is 24.0. The monoisotopic (exact) mass is 487 g/mol. The van der Waals surface area contributed by atoms with Crippen LogP contribution in [-0.2, 0) is 21.4 Å². The average molecular weight is 488 g/mol. The highest BCUT2D eigenvalue weighted by molar-refractivity contribution is 6.35. The predicted octanol–water partition coefficient (Wildman–Crippen LogP) is 5.91. The lowest BCUT2D eigenvalue weighted by Crippen LogP contribution is -2.45. The summed E-state index contributed by atoms with van der Waals surface area (Å²) in [4.78, 5) is 25.9. The van der Waals surface area contributed by atoms with Crippen LogP contribution in [0.1, 0.15) is 48.9 Å². The van der Waals surface area contributed by atoms with Crippen molar-refractivity contribution < 1.29 is 27.9 Å². The Morgan fingerprint density at radius 2 is 1.75 bits per heavy atom. The van der Waals surface area contributed by atoms with Crippen LogP contribution in [0.5, 0.6) is 0 Å². The number of alkyl halides is 3. The van der Waals surface area contributed by atoms with E-state index in [4.69, 9.17) is 23.2 Å². The van der Waals surface area contributed by atoms with Crippen molar-refractivity contribution in [3.05, 3.63) is 62.6 Å². The molecule has 32 heavy (non-hydrogen) atoms. The molecular formula is C23H22Cl2F3NO3. The van der Waals surface area contributed by atoms with Gasteiger partial charge in [-0.05, 0) is 42.7 Å². The molecule has 1 aliphatic carbocycles. The SMILES string of the molecule is CC.Cc1cc2c(c(C(F)(F)F)c1)C(O)(c1ccc(Cl)cc1Cl)C(=O)N2CC1CC(=O)C1. The molecule has 1 fully saturated rings. The van der Waals surface area contributed by atoms with Crippen LogP contribution in [0.4, 0.5) is 18.9 Å². The molecule has 172 valence electrons. The molecule has 0 bridgehead atoms. The standard InChI is InChI=1S/C21H16Cl2F3NO3.C2H6/c1-10-4-15(21(24,25)26)18-17(5-10)27(9-11-6-13(28)7-11)19(29)20(18,30)14-3-2-12(22)8-16(14)23;1-2/h2-5,8,11,30H,6-7,9H2,1H3;1-2H3. The van der Waals surface area contributed by atoms with Crippen molar-refractivity contribution in [1.82, 2.24) is 0 Å². The van der Waals surface area contributed by atoms with Crippen LogP contribution in [-0.4, -0.2) is 23.3 Å². The lowest BCUT2D eigenvalue weighted by atomic mass is 9.83. The molecule has 1 N–H and O–H groups in total. The molecule has 0 saturated heterocycles. The fourth-order valence-corrected chi connectivity index (χ4v) is 4.73. The molecule has 1 heterocycles. The first-order chi connectivity index (χ1) is 14.9. The van der Waals surface area contributed by atoms with E-state index in [1.54, 1.807) is 0 Å². The molecule has 2 aromatic rings. The number of nitrogens with zero attached hydrogens (tertiary/aromatic N) is 1. The summed E-state index contributed by atoms with van der Waals surface area (Å²) in [7, 11) is 0. The Labute approximate surface area is 193 Å². The van der Waals surface area contributed by atoms with Crippen molar-refractivity contribution >= 4 is 40.6 Å². The zero-order valence-corrected chi connectivity index (χ0v) is 19.2. The maximum atomic E-state index is 14.0. The third-order valence-corrected chi connectivity index (χ3v) is 6.12. The van der Waals surface area contributed by atoms with E-state index in [9.17, 15) is 27.9 Å². The molecule has 1 atom stereocenters. The Bertz CT molecular complexity index is 1080. The van der Waals surface area contributed by atoms with E-state index in [2.05, 4.69) is 0 Å². The fraction of sp³-hybridized carbons (Fsp3) is 0.391. The number of amides is 1. The number of Topliss-reactive ketones (excluding diaryl/α,β-unsaturated/α-hetero) is 1. The van der Waals surface area contributed by atoms with E-state index in [1.807, 2.05) is 13.8 Å². The molecule has 0 spiro atoms. The summed E-state index contributed by atoms with van der Waals surface area (Å²) < 4.78 is 41.9. The summed E-state index contributed by atoms with van der Waals surface area (Å²) in [6.45, 7) is 5.52. The third kappa shape index (κ3) is 4.02. The number of aryl methyl sites for hydroxylation is 1. The Morgan fingerprint density at radius 1 is 1.12 bits per heavy atom. The van der Waals surface area contributed by atoms with Crippen LogP contribution in [0.2, 0.25) is 10.0 Å². The van der Waals surface area contributed by atoms with Gasteiger partial charge in [-0.3, -0.25) is 9.59 Å². The Hall–Kier alpha value is -2.09. The van der Waals surface area contributed by atoms with Gasteiger partial charge in [0.1, 0.15) is 5.78 Å². The van der Waals surface area contributed by atoms with E-state index in [-0.39, 0.29) is 57.9 Å². The molecular weight excluding hydrogens is 466 g/mol. The number of hydrogen-bond donors (Lipinski definition) is 1. The Morgan fingerprint density at radius 3 is 2.28 bits per heavy atom. The van der Waals surface area contributed by atoms with Crippen LogP contribution < -0.4 is 4.90 Å². The molecule has 1 amide bonds. The second-order valence-electron chi connectivity index (χ2n) is 7.77. The first-order valence-corrected chi connectivity index (χ1v) is 10.9. The van der Waals surface area contributed by atoms with E-state index in [0.29, 0.717) is 0 Å². The van der Waals surface area contributed by atoms with E-state index in [1.165, 1.54) is 31.2 Å². The lowest BCUT2D eigenvalue weighted by Gasteiger charge is -2.30. The van der Waals surface area contributed by atoms with Gasteiger partial charge in [0.15, 0.2) is 5.60 Å². The van der Waals surface area contributed by atoms with E-state index < -0.39 is 28.8 Å². The number of carbonyl (C=O) groups excluding carboxylic acids is 2. The second-order valence-corrected chi connectivity index (χ2v) is 8.61. The molecule has 0 aromatic heterocycles. The Balaban J connectivity index is 0.00000141. The number of carbonyl (C=O) groups is 2. The minimum Gasteiger partial charge on any atom is -0.372 e. The summed E-state index contributed by atoms with van der Waals surface area (Å²) in [5, 5.41) is 11.6. The van der Waals surface area contributed by atoms with Crippen molar-refractivity contribution in [2.24, 2.45) is 5.92 Å². The van der Waals surface area contributed by atoms with Crippen molar-refractivity contribution in [1.29, 1.82) is 0 Å². The number of benzene rings is 2. The van der Waals surface area contributed by atoms with Gasteiger partial charge in [0.25, 0.3) is 5.91 Å². The lowest BCUT2D eigenvalue weighted by molar-refractivity contribution is -0.142. The van der Waals surface area contributed by atoms with Gasteiger partial charge in [-0.25, -0.2) is 0 Å². The molecule has 4 nitrogen and oxygen atoms in total. The quantitative estimate of drug-likeness (QED) is 0.585. The minimum absolute atomic E-state index is 0.0276. The molecule has 1 aliphatic heterocycles. The van der Waals surface area contributed by atoms with Crippen molar-refractivity contribution in [3.8, 4) is 0 Å². The normalized spacial score (nSPS) is 20.6. The van der Waals surface area contributed by atoms with Crippen LogP contribution in [0, 0.1) is 12.8 Å². The largest absolute Gasteiger partial charge is 0.416 e. The predicted molar refractivity (Wildman–Crippen MR) is 117 cm³/mol. The highest BCUT2D eigenvalue weighted by Gasteiger charge is 2.56. The minimum atomic E-state index is -4.81. The third-order valence-electron chi connectivity index (χ3n) is 5.57. The molecule has 2 aliphatic rings. The van der Waals surface area contributed by atoms with Crippen molar-refractivity contribution in [2.45, 2.75) is 45.4 Å². The summed E-state index contributed by atoms with van der Waals surface area (Å²) in [6, 6.07) is 6.20. The summed E-state index contributed by atoms with van der Waals surface area (Å²) >= 11 is 12.1. The Kier molecular flexibility index (Phi) is 6.67. The van der Waals surface area contributed by atoms with Crippen molar-refractivity contribution in [3.63, 3.8) is 0 Å². The number of halogens is 5. The number of fused-ring (bicyclic) bond motifs is 1. The maximum Gasteiger partial charge on any atom is 0.416 e. The summed E-state index contributed by atoms with van der Waals surface area (Å²) in [5.74, 6) is -1.08. The van der Waals surface area contributed by atoms with Gasteiger partial charge >= 0.3 is 6.18 Å². The zero-order valence-electron chi connectivity index (χ0n) is 17.7. The topological polar surface area (TPSA) is 57.6 Å². The number of hydrogen-bond acceptors (Lipinski definition) is 3. The molecule has 9 heteroatoms. The number of rotatable bonds is 3. The molecule has 1 saturated carbocycles. The van der Waals surface area contributed by atoms with Gasteiger partial charge in [-0.1, -0.05) is 43.1 Å². The molecule has 0 radical (unpaired) electrons. The highest BCUT2D eigenvalue weighted by Crippen LogP contribution is 2.52. The highest BCUT2D eigenvalue weighted by atomic mass is 35.5.